The summed E-state index contributed by atoms with van der Waals surface area (Å²) in [6, 6.07) is 7.17. The maximum Gasteiger partial charge on any atom is 0.324 e. The van der Waals surface area contributed by atoms with Gasteiger partial charge in [0.15, 0.2) is 5.92 Å². The fraction of sp³-hybridized carbons (Fsp3) is 0.529. The van der Waals surface area contributed by atoms with E-state index in [1.54, 1.807) is 26.0 Å². The summed E-state index contributed by atoms with van der Waals surface area (Å²) >= 11 is 5.94. The second-order valence-electron chi connectivity index (χ2n) is 6.62. The standard InChI is InChI=1S/C17H21ClO4/c1-10(2)17(5,11-6-8-12(18)9-7-11)13-14(19)21-16(3,4)22-15(13)20/h6-10,13H,1-5H3/t17-/m0/s1. The topological polar surface area (TPSA) is 52.6 Å². The molecule has 4 nitrogen and oxygen atoms in total. The zero-order chi connectivity index (χ0) is 16.7. The van der Waals surface area contributed by atoms with Crippen molar-refractivity contribution in [3.63, 3.8) is 0 Å². The molecule has 0 aromatic heterocycles. The van der Waals surface area contributed by atoms with Gasteiger partial charge in [0.1, 0.15) is 0 Å². The molecule has 120 valence electrons. The van der Waals surface area contributed by atoms with Crippen LogP contribution in [0.1, 0.15) is 40.2 Å². The Kier molecular flexibility index (Phi) is 4.26. The van der Waals surface area contributed by atoms with Crippen molar-refractivity contribution in [2.45, 2.75) is 45.8 Å². The Bertz CT molecular complexity index is 571. The summed E-state index contributed by atoms with van der Waals surface area (Å²) in [7, 11) is 0. The molecule has 1 heterocycles. The van der Waals surface area contributed by atoms with Crippen LogP contribution >= 0.6 is 11.6 Å². The van der Waals surface area contributed by atoms with E-state index in [1.807, 2.05) is 32.9 Å². The monoisotopic (exact) mass is 324 g/mol. The lowest BCUT2D eigenvalue weighted by Gasteiger charge is -2.43. The largest absolute Gasteiger partial charge is 0.422 e. The van der Waals surface area contributed by atoms with Crippen LogP contribution in [-0.4, -0.2) is 17.7 Å². The van der Waals surface area contributed by atoms with Crippen LogP contribution in [0.2, 0.25) is 5.02 Å². The first-order chi connectivity index (χ1) is 10.1. The smallest absolute Gasteiger partial charge is 0.324 e. The first kappa shape index (κ1) is 16.8. The minimum absolute atomic E-state index is 0.0139. The van der Waals surface area contributed by atoms with Crippen molar-refractivity contribution in [1.29, 1.82) is 0 Å². The van der Waals surface area contributed by atoms with Crippen molar-refractivity contribution in [3.8, 4) is 0 Å². The number of halogens is 1. The zero-order valence-electron chi connectivity index (χ0n) is 13.5. The zero-order valence-corrected chi connectivity index (χ0v) is 14.2. The van der Waals surface area contributed by atoms with Gasteiger partial charge in [-0.05, 0) is 23.6 Å². The normalized spacial score (nSPS) is 21.2. The molecular weight excluding hydrogens is 304 g/mol. The lowest BCUT2D eigenvalue weighted by atomic mass is 9.64. The molecule has 1 fully saturated rings. The second-order valence-corrected chi connectivity index (χ2v) is 7.06. The molecule has 1 aliphatic rings. The molecule has 0 spiro atoms. The Morgan fingerprint density at radius 1 is 1.09 bits per heavy atom. The van der Waals surface area contributed by atoms with Crippen LogP contribution in [0.25, 0.3) is 0 Å². The molecule has 1 aromatic rings. The van der Waals surface area contributed by atoms with Gasteiger partial charge < -0.3 is 9.47 Å². The highest BCUT2D eigenvalue weighted by Crippen LogP contribution is 2.43. The summed E-state index contributed by atoms with van der Waals surface area (Å²) in [4.78, 5) is 24.9. The van der Waals surface area contributed by atoms with Gasteiger partial charge in [-0.1, -0.05) is 44.5 Å². The van der Waals surface area contributed by atoms with Gasteiger partial charge in [0.2, 0.25) is 0 Å². The third kappa shape index (κ3) is 2.84. The van der Waals surface area contributed by atoms with Crippen LogP contribution in [0.4, 0.5) is 0 Å². The molecule has 1 aliphatic heterocycles. The number of esters is 2. The number of carbonyl (C=O) groups is 2. The molecule has 0 aliphatic carbocycles. The predicted molar refractivity (Wildman–Crippen MR) is 83.4 cm³/mol. The summed E-state index contributed by atoms with van der Waals surface area (Å²) in [5.74, 6) is -3.30. The van der Waals surface area contributed by atoms with Crippen LogP contribution in [0.3, 0.4) is 0 Å². The minimum atomic E-state index is -1.22. The van der Waals surface area contributed by atoms with E-state index in [0.717, 1.165) is 5.56 Å². The van der Waals surface area contributed by atoms with Crippen molar-refractivity contribution < 1.29 is 19.1 Å². The quantitative estimate of drug-likeness (QED) is 0.628. The molecule has 22 heavy (non-hydrogen) atoms. The molecule has 0 unspecified atom stereocenters. The molecule has 0 bridgehead atoms. The van der Waals surface area contributed by atoms with Crippen molar-refractivity contribution >= 4 is 23.5 Å². The highest BCUT2D eigenvalue weighted by Gasteiger charge is 2.54. The van der Waals surface area contributed by atoms with Gasteiger partial charge in [-0.3, -0.25) is 9.59 Å². The molecule has 1 aromatic carbocycles. The van der Waals surface area contributed by atoms with Crippen LogP contribution in [0.15, 0.2) is 24.3 Å². The van der Waals surface area contributed by atoms with E-state index < -0.39 is 29.1 Å². The fourth-order valence-corrected chi connectivity index (χ4v) is 2.98. The molecule has 1 atom stereocenters. The van der Waals surface area contributed by atoms with Gasteiger partial charge in [0, 0.05) is 24.3 Å². The Balaban J connectivity index is 2.50. The van der Waals surface area contributed by atoms with Crippen LogP contribution in [0, 0.1) is 11.8 Å². The van der Waals surface area contributed by atoms with E-state index in [9.17, 15) is 9.59 Å². The Morgan fingerprint density at radius 3 is 1.95 bits per heavy atom. The minimum Gasteiger partial charge on any atom is -0.422 e. The average Bonchev–Trinajstić information content (AvgIpc) is 2.36. The van der Waals surface area contributed by atoms with Crippen molar-refractivity contribution in [1.82, 2.24) is 0 Å². The first-order valence-corrected chi connectivity index (χ1v) is 7.67. The number of hydrogen-bond acceptors (Lipinski definition) is 4. The number of rotatable bonds is 3. The van der Waals surface area contributed by atoms with Crippen molar-refractivity contribution in [2.24, 2.45) is 11.8 Å². The van der Waals surface area contributed by atoms with Gasteiger partial charge in [0.05, 0.1) is 0 Å². The summed E-state index contributed by atoms with van der Waals surface area (Å²) in [6.45, 7) is 8.91. The maximum absolute atomic E-state index is 12.5. The summed E-state index contributed by atoms with van der Waals surface area (Å²) < 4.78 is 10.6. The molecule has 0 N–H and O–H groups in total. The van der Waals surface area contributed by atoms with E-state index in [-0.39, 0.29) is 5.92 Å². The van der Waals surface area contributed by atoms with E-state index in [1.165, 1.54) is 0 Å². The SMILES string of the molecule is CC(C)[C@@](C)(c1ccc(Cl)cc1)C1C(=O)OC(C)(C)OC1=O. The van der Waals surface area contributed by atoms with E-state index in [0.29, 0.717) is 5.02 Å². The first-order valence-electron chi connectivity index (χ1n) is 7.29. The molecule has 0 amide bonds. The lowest BCUT2D eigenvalue weighted by molar-refractivity contribution is -0.244. The highest BCUT2D eigenvalue weighted by atomic mass is 35.5. The summed E-state index contributed by atoms with van der Waals surface area (Å²) in [6.07, 6.45) is 0. The maximum atomic E-state index is 12.5. The third-order valence-electron chi connectivity index (χ3n) is 4.43. The Hall–Kier alpha value is -1.55. The molecule has 0 saturated carbocycles. The number of benzene rings is 1. The fourth-order valence-electron chi connectivity index (χ4n) is 2.85. The van der Waals surface area contributed by atoms with Gasteiger partial charge in [-0.25, -0.2) is 0 Å². The Morgan fingerprint density at radius 2 is 1.55 bits per heavy atom. The van der Waals surface area contributed by atoms with Crippen LogP contribution < -0.4 is 0 Å². The van der Waals surface area contributed by atoms with Crippen molar-refractivity contribution in [3.05, 3.63) is 34.9 Å². The van der Waals surface area contributed by atoms with E-state index >= 15 is 0 Å². The predicted octanol–water partition coefficient (Wildman–Crippen LogP) is 3.71. The Labute approximate surface area is 135 Å². The molecule has 2 rings (SSSR count). The molecule has 1 saturated heterocycles. The molecule has 0 radical (unpaired) electrons. The second kappa shape index (κ2) is 5.58. The number of cyclic esters (lactones) is 2. The van der Waals surface area contributed by atoms with Gasteiger partial charge in [-0.2, -0.15) is 0 Å². The molecule has 5 heteroatoms. The number of carbonyl (C=O) groups excluding carboxylic acids is 2. The van der Waals surface area contributed by atoms with Crippen LogP contribution in [0.5, 0.6) is 0 Å². The molecular formula is C17H21ClO4. The van der Waals surface area contributed by atoms with Crippen LogP contribution in [-0.2, 0) is 24.5 Å². The highest BCUT2D eigenvalue weighted by molar-refractivity contribution is 6.30. The number of hydrogen-bond donors (Lipinski definition) is 0. The third-order valence-corrected chi connectivity index (χ3v) is 4.68. The van der Waals surface area contributed by atoms with E-state index in [2.05, 4.69) is 0 Å². The summed E-state index contributed by atoms with van der Waals surface area (Å²) in [5.41, 5.74) is 0.112. The van der Waals surface area contributed by atoms with Gasteiger partial charge in [-0.15, -0.1) is 0 Å². The average molecular weight is 325 g/mol. The number of ether oxygens (including phenoxy) is 2. The van der Waals surface area contributed by atoms with E-state index in [4.69, 9.17) is 21.1 Å². The lowest BCUT2D eigenvalue weighted by Crippen LogP contribution is -2.55. The van der Waals surface area contributed by atoms with Gasteiger partial charge >= 0.3 is 11.9 Å². The van der Waals surface area contributed by atoms with Gasteiger partial charge in [0.25, 0.3) is 5.79 Å². The summed E-state index contributed by atoms with van der Waals surface area (Å²) in [5, 5.41) is 0.602. The van der Waals surface area contributed by atoms with Crippen molar-refractivity contribution in [2.75, 3.05) is 0 Å².